The molecule has 5 heteroatoms. The highest BCUT2D eigenvalue weighted by molar-refractivity contribution is 7.14. The highest BCUT2D eigenvalue weighted by atomic mass is 32.1. The lowest BCUT2D eigenvalue weighted by Gasteiger charge is -2.09. The Kier molecular flexibility index (Phi) is 4.52. The summed E-state index contributed by atoms with van der Waals surface area (Å²) >= 11 is 1.49. The number of hydrogen-bond acceptors (Lipinski definition) is 4. The lowest BCUT2D eigenvalue weighted by Crippen LogP contribution is -2.21. The zero-order valence-corrected chi connectivity index (χ0v) is 11.5. The molecule has 2 rings (SSSR count). The van der Waals surface area contributed by atoms with Gasteiger partial charge in [-0.1, -0.05) is 37.3 Å². The van der Waals surface area contributed by atoms with Gasteiger partial charge in [-0.2, -0.15) is 0 Å². The van der Waals surface area contributed by atoms with Crippen LogP contribution in [0.5, 0.6) is 0 Å². The summed E-state index contributed by atoms with van der Waals surface area (Å²) in [6.07, 6.45) is 0.610. The van der Waals surface area contributed by atoms with Gasteiger partial charge in [-0.3, -0.25) is 4.79 Å². The molecular formula is C14H16N2O2S. The fourth-order valence-electron chi connectivity index (χ4n) is 1.71. The van der Waals surface area contributed by atoms with E-state index in [2.05, 4.69) is 10.3 Å². The molecule has 0 aliphatic carbocycles. The molecule has 0 aliphatic heterocycles. The number of carbonyl (C=O) groups is 1. The molecule has 2 aromatic rings. The Labute approximate surface area is 116 Å². The highest BCUT2D eigenvalue weighted by Crippen LogP contribution is 2.24. The van der Waals surface area contributed by atoms with Crippen LogP contribution in [-0.4, -0.2) is 22.6 Å². The maximum atomic E-state index is 10.9. The number of aromatic nitrogens is 1. The molecule has 0 radical (unpaired) electrons. The molecule has 1 aromatic heterocycles. The maximum absolute atomic E-state index is 10.9. The third-order valence-corrected chi connectivity index (χ3v) is 3.72. The van der Waals surface area contributed by atoms with E-state index in [-0.39, 0.29) is 5.92 Å². The summed E-state index contributed by atoms with van der Waals surface area (Å²) in [5.74, 6) is -1.14. The Hall–Kier alpha value is -1.88. The van der Waals surface area contributed by atoms with Crippen LogP contribution < -0.4 is 5.32 Å². The summed E-state index contributed by atoms with van der Waals surface area (Å²) in [5.41, 5.74) is 1.98. The van der Waals surface area contributed by atoms with Crippen molar-refractivity contribution in [1.82, 2.24) is 4.98 Å². The van der Waals surface area contributed by atoms with Crippen LogP contribution in [0.4, 0.5) is 5.13 Å². The molecule has 19 heavy (non-hydrogen) atoms. The molecule has 1 atom stereocenters. The van der Waals surface area contributed by atoms with E-state index in [1.54, 1.807) is 0 Å². The van der Waals surface area contributed by atoms with Crippen molar-refractivity contribution in [2.24, 2.45) is 5.92 Å². The number of aliphatic carboxylic acids is 1. The largest absolute Gasteiger partial charge is 0.481 e. The van der Waals surface area contributed by atoms with E-state index in [1.807, 2.05) is 42.6 Å². The molecule has 0 amide bonds. The molecule has 0 saturated carbocycles. The van der Waals surface area contributed by atoms with Gasteiger partial charge >= 0.3 is 5.97 Å². The molecule has 1 unspecified atom stereocenters. The molecule has 0 aliphatic rings. The van der Waals surface area contributed by atoms with Crippen molar-refractivity contribution in [1.29, 1.82) is 0 Å². The van der Waals surface area contributed by atoms with E-state index in [1.165, 1.54) is 11.3 Å². The Morgan fingerprint density at radius 3 is 2.79 bits per heavy atom. The van der Waals surface area contributed by atoms with Crippen molar-refractivity contribution < 1.29 is 9.90 Å². The van der Waals surface area contributed by atoms with Gasteiger partial charge in [0, 0.05) is 17.5 Å². The van der Waals surface area contributed by atoms with Crippen molar-refractivity contribution in [2.45, 2.75) is 13.3 Å². The van der Waals surface area contributed by atoms with E-state index in [9.17, 15) is 4.79 Å². The van der Waals surface area contributed by atoms with Gasteiger partial charge in [-0.05, 0) is 6.42 Å². The predicted molar refractivity (Wildman–Crippen MR) is 77.5 cm³/mol. The predicted octanol–water partition coefficient (Wildman–Crippen LogP) is 3.33. The lowest BCUT2D eigenvalue weighted by molar-refractivity contribution is -0.141. The van der Waals surface area contributed by atoms with Gasteiger partial charge in [0.05, 0.1) is 11.6 Å². The smallest absolute Gasteiger partial charge is 0.308 e. The quantitative estimate of drug-likeness (QED) is 0.849. The Morgan fingerprint density at radius 1 is 1.42 bits per heavy atom. The lowest BCUT2D eigenvalue weighted by atomic mass is 10.1. The Morgan fingerprint density at radius 2 is 2.16 bits per heavy atom. The first-order valence-corrected chi connectivity index (χ1v) is 7.06. The summed E-state index contributed by atoms with van der Waals surface area (Å²) in [6, 6.07) is 9.92. The molecule has 1 heterocycles. The fourth-order valence-corrected chi connectivity index (χ4v) is 2.44. The first kappa shape index (κ1) is 13.5. The number of hydrogen-bond donors (Lipinski definition) is 2. The van der Waals surface area contributed by atoms with Crippen LogP contribution in [-0.2, 0) is 4.79 Å². The molecule has 4 nitrogen and oxygen atoms in total. The number of carboxylic acids is 1. The maximum Gasteiger partial charge on any atom is 0.308 e. The van der Waals surface area contributed by atoms with E-state index in [0.717, 1.165) is 16.4 Å². The monoisotopic (exact) mass is 276 g/mol. The molecule has 2 N–H and O–H groups in total. The van der Waals surface area contributed by atoms with Gasteiger partial charge < -0.3 is 10.4 Å². The van der Waals surface area contributed by atoms with Gasteiger partial charge in [0.25, 0.3) is 0 Å². The topological polar surface area (TPSA) is 62.2 Å². The molecule has 1 aromatic carbocycles. The number of rotatable bonds is 6. The van der Waals surface area contributed by atoms with Crippen LogP contribution in [0.15, 0.2) is 35.7 Å². The SMILES string of the molecule is CCC(CNc1nc(-c2ccccc2)cs1)C(=O)O. The van der Waals surface area contributed by atoms with Crippen molar-refractivity contribution in [3.8, 4) is 11.3 Å². The number of anilines is 1. The van der Waals surface area contributed by atoms with Crippen molar-refractivity contribution in [3.63, 3.8) is 0 Å². The molecule has 0 spiro atoms. The van der Waals surface area contributed by atoms with E-state index >= 15 is 0 Å². The van der Waals surface area contributed by atoms with Gasteiger partial charge in [-0.25, -0.2) is 4.98 Å². The number of thiazole rings is 1. The van der Waals surface area contributed by atoms with Gasteiger partial charge in [0.15, 0.2) is 5.13 Å². The Balaban J connectivity index is 2.00. The van der Waals surface area contributed by atoms with Crippen LogP contribution in [0.2, 0.25) is 0 Å². The zero-order chi connectivity index (χ0) is 13.7. The minimum Gasteiger partial charge on any atom is -0.481 e. The summed E-state index contributed by atoms with van der Waals surface area (Å²) in [4.78, 5) is 15.4. The second-order valence-corrected chi connectivity index (χ2v) is 5.09. The summed E-state index contributed by atoms with van der Waals surface area (Å²) in [5, 5.41) is 14.8. The van der Waals surface area contributed by atoms with Crippen LogP contribution in [0, 0.1) is 5.92 Å². The first-order chi connectivity index (χ1) is 9.20. The summed E-state index contributed by atoms with van der Waals surface area (Å²) in [7, 11) is 0. The van der Waals surface area contributed by atoms with Crippen molar-refractivity contribution in [3.05, 3.63) is 35.7 Å². The van der Waals surface area contributed by atoms with Crippen LogP contribution in [0.1, 0.15) is 13.3 Å². The van der Waals surface area contributed by atoms with Crippen LogP contribution in [0.25, 0.3) is 11.3 Å². The molecule has 0 saturated heterocycles. The Bertz CT molecular complexity index is 539. The van der Waals surface area contributed by atoms with Crippen LogP contribution in [0.3, 0.4) is 0 Å². The molecule has 0 bridgehead atoms. The van der Waals surface area contributed by atoms with E-state index in [0.29, 0.717) is 13.0 Å². The summed E-state index contributed by atoms with van der Waals surface area (Å²) in [6.45, 7) is 2.28. The fraction of sp³-hybridized carbons (Fsp3) is 0.286. The minimum absolute atomic E-state index is 0.371. The van der Waals surface area contributed by atoms with Crippen molar-refractivity contribution >= 4 is 22.4 Å². The highest BCUT2D eigenvalue weighted by Gasteiger charge is 2.15. The van der Waals surface area contributed by atoms with Crippen LogP contribution >= 0.6 is 11.3 Å². The number of benzene rings is 1. The standard InChI is InChI=1S/C14H16N2O2S/c1-2-10(13(17)18)8-15-14-16-12(9-19-14)11-6-4-3-5-7-11/h3-7,9-10H,2,8H2,1H3,(H,15,16)(H,17,18). The van der Waals surface area contributed by atoms with Gasteiger partial charge in [-0.15, -0.1) is 11.3 Å². The second kappa shape index (κ2) is 6.33. The summed E-state index contributed by atoms with van der Waals surface area (Å²) < 4.78 is 0. The number of carboxylic acid groups (broad SMARTS) is 1. The third kappa shape index (κ3) is 3.54. The minimum atomic E-state index is -0.769. The molecule has 100 valence electrons. The third-order valence-electron chi connectivity index (χ3n) is 2.92. The van der Waals surface area contributed by atoms with Gasteiger partial charge in [0.2, 0.25) is 0 Å². The number of nitrogens with zero attached hydrogens (tertiary/aromatic N) is 1. The normalized spacial score (nSPS) is 12.1. The van der Waals surface area contributed by atoms with Gasteiger partial charge in [0.1, 0.15) is 0 Å². The van der Waals surface area contributed by atoms with E-state index in [4.69, 9.17) is 5.11 Å². The molecular weight excluding hydrogens is 260 g/mol. The zero-order valence-electron chi connectivity index (χ0n) is 10.7. The average Bonchev–Trinajstić information content (AvgIpc) is 2.89. The average molecular weight is 276 g/mol. The first-order valence-electron chi connectivity index (χ1n) is 6.18. The number of nitrogens with one attached hydrogen (secondary N) is 1. The molecule has 0 fully saturated rings. The van der Waals surface area contributed by atoms with Crippen molar-refractivity contribution in [2.75, 3.05) is 11.9 Å². The van der Waals surface area contributed by atoms with E-state index < -0.39 is 5.97 Å². The second-order valence-electron chi connectivity index (χ2n) is 4.23.